The Morgan fingerprint density at radius 3 is 2.56 bits per heavy atom. The zero-order valence-electron chi connectivity index (χ0n) is 11.4. The van der Waals surface area contributed by atoms with E-state index in [2.05, 4.69) is 59.3 Å². The summed E-state index contributed by atoms with van der Waals surface area (Å²) in [5.41, 5.74) is 7.27. The zero-order valence-corrected chi connectivity index (χ0v) is 13.8. The highest BCUT2D eigenvalue weighted by molar-refractivity contribution is 9.10. The lowest BCUT2D eigenvalue weighted by Crippen LogP contribution is -2.39. The molecule has 0 heterocycles. The monoisotopic (exact) mass is 330 g/mol. The van der Waals surface area contributed by atoms with Gasteiger partial charge in [-0.2, -0.15) is 11.8 Å². The van der Waals surface area contributed by atoms with Gasteiger partial charge in [0.25, 0.3) is 0 Å². The Labute approximate surface area is 123 Å². The molecule has 0 aliphatic rings. The van der Waals surface area contributed by atoms with E-state index in [1.54, 1.807) is 0 Å². The molecule has 0 saturated carbocycles. The van der Waals surface area contributed by atoms with Crippen LogP contribution in [0.5, 0.6) is 0 Å². The highest BCUT2D eigenvalue weighted by Gasteiger charge is 2.23. The Balaban J connectivity index is 2.92. The molecular formula is C14H23BrN2S. The summed E-state index contributed by atoms with van der Waals surface area (Å²) in [7, 11) is 2.18. The number of nitrogens with zero attached hydrogens (tertiary/aromatic N) is 1. The van der Waals surface area contributed by atoms with Crippen LogP contribution in [0.2, 0.25) is 0 Å². The van der Waals surface area contributed by atoms with Gasteiger partial charge in [-0.05, 0) is 31.4 Å². The van der Waals surface area contributed by atoms with Crippen LogP contribution in [0.15, 0.2) is 28.7 Å². The van der Waals surface area contributed by atoms with E-state index in [4.69, 9.17) is 5.73 Å². The maximum absolute atomic E-state index is 5.99. The van der Waals surface area contributed by atoms with Crippen molar-refractivity contribution < 1.29 is 0 Å². The Bertz CT molecular complexity index is 359. The van der Waals surface area contributed by atoms with Gasteiger partial charge in [0.15, 0.2) is 0 Å². The van der Waals surface area contributed by atoms with Crippen molar-refractivity contribution >= 4 is 27.7 Å². The van der Waals surface area contributed by atoms with Crippen LogP contribution in [0.1, 0.15) is 24.9 Å². The second-order valence-corrected chi connectivity index (χ2v) is 6.22. The first-order chi connectivity index (χ1) is 8.65. The summed E-state index contributed by atoms with van der Waals surface area (Å²) in [6, 6.07) is 9.20. The van der Waals surface area contributed by atoms with E-state index >= 15 is 0 Å². The van der Waals surface area contributed by atoms with Gasteiger partial charge in [-0.3, -0.25) is 4.90 Å². The third-order valence-corrected chi connectivity index (χ3v) is 4.83. The first kappa shape index (κ1) is 16.0. The predicted octanol–water partition coefficient (Wildman–Crippen LogP) is 3.52. The zero-order chi connectivity index (χ0) is 13.5. The van der Waals surface area contributed by atoms with Crippen LogP contribution in [0.25, 0.3) is 0 Å². The van der Waals surface area contributed by atoms with Gasteiger partial charge in [-0.1, -0.05) is 41.1 Å². The molecule has 0 aliphatic heterocycles. The van der Waals surface area contributed by atoms with E-state index in [9.17, 15) is 0 Å². The number of halogens is 1. The molecule has 0 spiro atoms. The fraction of sp³-hybridized carbons (Fsp3) is 0.571. The average Bonchev–Trinajstić information content (AvgIpc) is 2.38. The van der Waals surface area contributed by atoms with E-state index in [0.29, 0.717) is 12.6 Å². The summed E-state index contributed by atoms with van der Waals surface area (Å²) in [6.45, 7) is 2.88. The van der Waals surface area contributed by atoms with E-state index in [1.807, 2.05) is 17.8 Å². The van der Waals surface area contributed by atoms with Crippen LogP contribution < -0.4 is 5.73 Å². The highest BCUT2D eigenvalue weighted by atomic mass is 79.9. The minimum absolute atomic E-state index is 0.276. The minimum atomic E-state index is 0.276. The third kappa shape index (κ3) is 3.98. The van der Waals surface area contributed by atoms with Gasteiger partial charge in [-0.15, -0.1) is 0 Å². The molecule has 2 atom stereocenters. The molecule has 0 bridgehead atoms. The van der Waals surface area contributed by atoms with Crippen molar-refractivity contribution in [2.45, 2.75) is 25.4 Å². The van der Waals surface area contributed by atoms with Crippen LogP contribution in [0.4, 0.5) is 0 Å². The maximum Gasteiger partial charge on any atom is 0.0481 e. The van der Waals surface area contributed by atoms with Crippen LogP contribution in [0.3, 0.4) is 0 Å². The number of hydrogen-bond acceptors (Lipinski definition) is 3. The average molecular weight is 331 g/mol. The Kier molecular flexibility index (Phi) is 7.30. The molecule has 0 aromatic heterocycles. The summed E-state index contributed by atoms with van der Waals surface area (Å²) in [5, 5.41) is 0. The smallest absolute Gasteiger partial charge is 0.0481 e. The van der Waals surface area contributed by atoms with Crippen LogP contribution in [-0.2, 0) is 0 Å². The van der Waals surface area contributed by atoms with E-state index in [-0.39, 0.29) is 6.04 Å². The van der Waals surface area contributed by atoms with Crippen molar-refractivity contribution in [1.29, 1.82) is 0 Å². The Morgan fingerprint density at radius 1 is 1.39 bits per heavy atom. The summed E-state index contributed by atoms with van der Waals surface area (Å²) in [6.07, 6.45) is 3.31. The molecule has 2 N–H and O–H groups in total. The van der Waals surface area contributed by atoms with Crippen LogP contribution in [-0.4, -0.2) is 36.5 Å². The number of thioether (sulfide) groups is 1. The largest absolute Gasteiger partial charge is 0.329 e. The van der Waals surface area contributed by atoms with Crippen molar-refractivity contribution in [2.24, 2.45) is 5.73 Å². The number of likely N-dealkylation sites (N-methyl/N-ethyl adjacent to an activating group) is 1. The molecule has 2 unspecified atom stereocenters. The first-order valence-electron chi connectivity index (χ1n) is 6.31. The normalized spacial score (nSPS) is 14.8. The van der Waals surface area contributed by atoms with Gasteiger partial charge in [0.1, 0.15) is 0 Å². The second-order valence-electron chi connectivity index (χ2n) is 4.46. The van der Waals surface area contributed by atoms with Crippen molar-refractivity contribution in [2.75, 3.05) is 25.6 Å². The van der Waals surface area contributed by atoms with Gasteiger partial charge in [0.2, 0.25) is 0 Å². The van der Waals surface area contributed by atoms with Gasteiger partial charge >= 0.3 is 0 Å². The summed E-state index contributed by atoms with van der Waals surface area (Å²) in [5.74, 6) is 1.15. The van der Waals surface area contributed by atoms with Gasteiger partial charge in [0.05, 0.1) is 0 Å². The molecule has 102 valence electrons. The number of benzene rings is 1. The fourth-order valence-corrected chi connectivity index (χ4v) is 3.63. The lowest BCUT2D eigenvalue weighted by atomic mass is 10.0. The van der Waals surface area contributed by atoms with Crippen molar-refractivity contribution in [3.8, 4) is 0 Å². The Hall–Kier alpha value is -0.0300. The third-order valence-electron chi connectivity index (χ3n) is 3.39. The van der Waals surface area contributed by atoms with Crippen LogP contribution in [0, 0.1) is 0 Å². The van der Waals surface area contributed by atoms with Gasteiger partial charge < -0.3 is 5.73 Å². The van der Waals surface area contributed by atoms with Gasteiger partial charge in [0, 0.05) is 28.9 Å². The molecule has 0 amide bonds. The van der Waals surface area contributed by atoms with Crippen molar-refractivity contribution in [3.63, 3.8) is 0 Å². The first-order valence-corrected chi connectivity index (χ1v) is 8.49. The number of rotatable bonds is 7. The lowest BCUT2D eigenvalue weighted by molar-refractivity contribution is 0.187. The molecule has 0 aliphatic carbocycles. The molecule has 4 heteroatoms. The molecule has 1 rings (SSSR count). The van der Waals surface area contributed by atoms with Crippen molar-refractivity contribution in [3.05, 3.63) is 34.3 Å². The van der Waals surface area contributed by atoms with E-state index < -0.39 is 0 Å². The molecule has 2 nitrogen and oxygen atoms in total. The molecule has 0 radical (unpaired) electrons. The topological polar surface area (TPSA) is 29.3 Å². The molecule has 0 saturated heterocycles. The second kappa shape index (κ2) is 8.20. The minimum Gasteiger partial charge on any atom is -0.329 e. The van der Waals surface area contributed by atoms with Crippen molar-refractivity contribution in [1.82, 2.24) is 4.90 Å². The molecule has 1 aromatic rings. The molecular weight excluding hydrogens is 308 g/mol. The standard InChI is InChI=1S/C14H23BrN2S/c1-4-11(10-18-3)17(2)14(9-16)12-7-5-6-8-13(12)15/h5-8,11,14H,4,9-10,16H2,1-3H3. The summed E-state index contributed by atoms with van der Waals surface area (Å²) in [4.78, 5) is 2.41. The number of hydrogen-bond donors (Lipinski definition) is 1. The van der Waals surface area contributed by atoms with E-state index in [1.165, 1.54) is 5.56 Å². The predicted molar refractivity (Wildman–Crippen MR) is 86.2 cm³/mol. The van der Waals surface area contributed by atoms with Crippen LogP contribution >= 0.6 is 27.7 Å². The lowest BCUT2D eigenvalue weighted by Gasteiger charge is -2.34. The molecule has 0 fully saturated rings. The molecule has 1 aromatic carbocycles. The summed E-state index contributed by atoms with van der Waals surface area (Å²) < 4.78 is 1.14. The number of nitrogens with two attached hydrogens (primary N) is 1. The highest BCUT2D eigenvalue weighted by Crippen LogP contribution is 2.28. The quantitative estimate of drug-likeness (QED) is 0.829. The summed E-state index contributed by atoms with van der Waals surface area (Å²) >= 11 is 5.52. The van der Waals surface area contributed by atoms with Gasteiger partial charge in [-0.25, -0.2) is 0 Å². The molecule has 18 heavy (non-hydrogen) atoms. The SMILES string of the molecule is CCC(CSC)N(C)C(CN)c1ccccc1Br. The van der Waals surface area contributed by atoms with E-state index in [0.717, 1.165) is 16.6 Å². The maximum atomic E-state index is 5.99. The Morgan fingerprint density at radius 2 is 2.06 bits per heavy atom. The fourth-order valence-electron chi connectivity index (χ4n) is 2.23.